The van der Waals surface area contributed by atoms with E-state index in [1.807, 2.05) is 0 Å². The van der Waals surface area contributed by atoms with Gasteiger partial charge in [0.05, 0.1) is 22.6 Å². The number of halogens is 3. The monoisotopic (exact) mass is 468 g/mol. The molecule has 0 fully saturated rings. The second-order valence-electron chi connectivity index (χ2n) is 7.32. The van der Waals surface area contributed by atoms with E-state index in [2.05, 4.69) is 10.3 Å². The second kappa shape index (κ2) is 8.77. The first-order valence-corrected chi connectivity index (χ1v) is 9.83. The molecule has 0 bridgehead atoms. The lowest BCUT2D eigenvalue weighted by Gasteiger charge is -2.15. The van der Waals surface area contributed by atoms with Crippen LogP contribution in [0.4, 0.5) is 24.5 Å². The normalized spacial score (nSPS) is 14.0. The number of carbonyl (C=O) groups is 2. The third-order valence-electron chi connectivity index (χ3n) is 5.06. The van der Waals surface area contributed by atoms with E-state index in [9.17, 15) is 32.9 Å². The highest BCUT2D eigenvalue weighted by molar-refractivity contribution is 6.36. The number of alkyl halides is 3. The predicted octanol–water partition coefficient (Wildman–Crippen LogP) is 4.40. The first kappa shape index (κ1) is 22.6. The number of nitrogens with zero attached hydrogens (tertiary/aromatic N) is 3. The van der Waals surface area contributed by atoms with Gasteiger partial charge in [0.25, 0.3) is 17.5 Å². The van der Waals surface area contributed by atoms with Crippen molar-refractivity contribution in [2.45, 2.75) is 12.7 Å². The van der Waals surface area contributed by atoms with Crippen molar-refractivity contribution in [3.63, 3.8) is 0 Å². The maximum atomic E-state index is 13.2. The van der Waals surface area contributed by atoms with E-state index in [4.69, 9.17) is 0 Å². The van der Waals surface area contributed by atoms with E-state index in [0.717, 1.165) is 17.0 Å². The number of hydrogen-bond acceptors (Lipinski definition) is 6. The number of hydrogen-bond donors (Lipinski definition) is 1. The summed E-state index contributed by atoms with van der Waals surface area (Å²) in [6.45, 7) is -0.115. The molecule has 3 aromatic rings. The van der Waals surface area contributed by atoms with Crippen LogP contribution in [-0.4, -0.2) is 26.6 Å². The van der Waals surface area contributed by atoms with E-state index in [0.29, 0.717) is 5.56 Å². The lowest BCUT2D eigenvalue weighted by Crippen LogP contribution is -2.32. The van der Waals surface area contributed by atoms with Gasteiger partial charge in [0.1, 0.15) is 5.70 Å². The van der Waals surface area contributed by atoms with Gasteiger partial charge in [-0.3, -0.25) is 29.6 Å². The standard InChI is InChI=1S/C23H15F3N4O4/c24-23(25,26)16-4-1-5-17(11-16)28-20-19(15-6-8-18(9-7-15)30(33)34)21(31)29(22(20)32)13-14-3-2-10-27-12-14/h1-12,28H,13H2. The van der Waals surface area contributed by atoms with Crippen LogP contribution in [0.5, 0.6) is 0 Å². The molecule has 8 nitrogen and oxygen atoms in total. The Hall–Kier alpha value is -4.54. The maximum Gasteiger partial charge on any atom is 0.416 e. The molecule has 0 atom stereocenters. The lowest BCUT2D eigenvalue weighted by atomic mass is 10.0. The van der Waals surface area contributed by atoms with E-state index in [1.54, 1.807) is 12.1 Å². The van der Waals surface area contributed by atoms with Crippen molar-refractivity contribution >= 4 is 28.8 Å². The van der Waals surface area contributed by atoms with Crippen molar-refractivity contribution in [3.8, 4) is 0 Å². The molecule has 2 amide bonds. The molecule has 172 valence electrons. The van der Waals surface area contributed by atoms with Crippen molar-refractivity contribution in [2.75, 3.05) is 5.32 Å². The molecule has 1 aliphatic rings. The number of non-ortho nitro benzene ring substituents is 1. The van der Waals surface area contributed by atoms with E-state index >= 15 is 0 Å². The van der Waals surface area contributed by atoms with Crippen LogP contribution in [0.1, 0.15) is 16.7 Å². The molecule has 0 spiro atoms. The first-order chi connectivity index (χ1) is 16.1. The SMILES string of the molecule is O=C1C(Nc2cccc(C(F)(F)F)c2)=C(c2ccc([N+](=O)[O-])cc2)C(=O)N1Cc1cccnc1. The molecular weight excluding hydrogens is 453 g/mol. The summed E-state index contributed by atoms with van der Waals surface area (Å²) < 4.78 is 39.4. The average molecular weight is 468 g/mol. The Bertz CT molecular complexity index is 1310. The molecule has 1 aliphatic heterocycles. The fourth-order valence-electron chi connectivity index (χ4n) is 3.45. The summed E-state index contributed by atoms with van der Waals surface area (Å²) in [6, 6.07) is 12.5. The van der Waals surface area contributed by atoms with Gasteiger partial charge in [0.15, 0.2) is 0 Å². The summed E-state index contributed by atoms with van der Waals surface area (Å²) in [5, 5.41) is 13.6. The van der Waals surface area contributed by atoms with Crippen molar-refractivity contribution in [2.24, 2.45) is 0 Å². The third-order valence-corrected chi connectivity index (χ3v) is 5.06. The highest BCUT2D eigenvalue weighted by atomic mass is 19.4. The second-order valence-corrected chi connectivity index (χ2v) is 7.32. The zero-order valence-corrected chi connectivity index (χ0v) is 17.2. The van der Waals surface area contributed by atoms with E-state index in [1.165, 1.54) is 48.8 Å². The van der Waals surface area contributed by atoms with Gasteiger partial charge in [-0.1, -0.05) is 12.1 Å². The number of pyridine rings is 1. The van der Waals surface area contributed by atoms with Crippen LogP contribution in [0, 0.1) is 10.1 Å². The minimum absolute atomic E-state index is 0.0476. The predicted molar refractivity (Wildman–Crippen MR) is 115 cm³/mol. The van der Waals surface area contributed by atoms with Crippen LogP contribution in [0.25, 0.3) is 5.57 Å². The maximum absolute atomic E-state index is 13.2. The number of nitro benzene ring substituents is 1. The molecule has 0 unspecified atom stereocenters. The van der Waals surface area contributed by atoms with Gasteiger partial charge in [-0.05, 0) is 47.5 Å². The van der Waals surface area contributed by atoms with Crippen LogP contribution in [0.15, 0.2) is 78.8 Å². The quantitative estimate of drug-likeness (QED) is 0.327. The van der Waals surface area contributed by atoms with Crippen LogP contribution in [0.2, 0.25) is 0 Å². The van der Waals surface area contributed by atoms with Gasteiger partial charge < -0.3 is 5.32 Å². The molecule has 2 aromatic carbocycles. The molecule has 1 aromatic heterocycles. The number of imide groups is 1. The fraction of sp³-hybridized carbons (Fsp3) is 0.0870. The Kier molecular flexibility index (Phi) is 5.84. The number of carbonyl (C=O) groups excluding carboxylic acids is 2. The number of anilines is 1. The third kappa shape index (κ3) is 4.49. The number of aromatic nitrogens is 1. The average Bonchev–Trinajstić information content (AvgIpc) is 3.03. The minimum atomic E-state index is -4.60. The van der Waals surface area contributed by atoms with Gasteiger partial charge in [-0.15, -0.1) is 0 Å². The minimum Gasteiger partial charge on any atom is -0.350 e. The van der Waals surface area contributed by atoms with Gasteiger partial charge in [-0.25, -0.2) is 0 Å². The summed E-state index contributed by atoms with van der Waals surface area (Å²) in [6.07, 6.45) is -1.60. The summed E-state index contributed by atoms with van der Waals surface area (Å²) in [7, 11) is 0. The van der Waals surface area contributed by atoms with E-state index in [-0.39, 0.29) is 34.8 Å². The Morgan fingerprint density at radius 1 is 1.00 bits per heavy atom. The Morgan fingerprint density at radius 2 is 1.74 bits per heavy atom. The van der Waals surface area contributed by atoms with Crippen LogP contribution in [0.3, 0.4) is 0 Å². The van der Waals surface area contributed by atoms with Gasteiger partial charge in [0, 0.05) is 30.2 Å². The van der Waals surface area contributed by atoms with Gasteiger partial charge >= 0.3 is 6.18 Å². The molecule has 0 saturated heterocycles. The molecule has 0 radical (unpaired) electrons. The number of benzene rings is 2. The number of amides is 2. The Morgan fingerprint density at radius 3 is 2.35 bits per heavy atom. The highest BCUT2D eigenvalue weighted by Crippen LogP contribution is 2.34. The van der Waals surface area contributed by atoms with E-state index < -0.39 is 28.5 Å². The lowest BCUT2D eigenvalue weighted by molar-refractivity contribution is -0.384. The van der Waals surface area contributed by atoms with Gasteiger partial charge in [-0.2, -0.15) is 13.2 Å². The Labute approximate surface area is 190 Å². The van der Waals surface area contributed by atoms with Crippen molar-refractivity contribution in [3.05, 3.63) is 106 Å². The zero-order valence-electron chi connectivity index (χ0n) is 17.2. The molecule has 34 heavy (non-hydrogen) atoms. The summed E-state index contributed by atoms with van der Waals surface area (Å²) in [5.74, 6) is -1.45. The molecular formula is C23H15F3N4O4. The molecule has 2 heterocycles. The number of nitro groups is 1. The first-order valence-electron chi connectivity index (χ1n) is 9.83. The highest BCUT2D eigenvalue weighted by Gasteiger charge is 2.39. The molecule has 0 aliphatic carbocycles. The molecule has 4 rings (SSSR count). The Balaban J connectivity index is 1.76. The summed E-state index contributed by atoms with van der Waals surface area (Å²) in [4.78, 5) is 41.7. The summed E-state index contributed by atoms with van der Waals surface area (Å²) >= 11 is 0. The fourth-order valence-corrected chi connectivity index (χ4v) is 3.45. The molecule has 0 saturated carbocycles. The molecule has 11 heteroatoms. The smallest absolute Gasteiger partial charge is 0.350 e. The van der Waals surface area contributed by atoms with Crippen LogP contribution < -0.4 is 5.32 Å². The van der Waals surface area contributed by atoms with Crippen LogP contribution >= 0.6 is 0 Å². The number of nitrogens with one attached hydrogen (secondary N) is 1. The summed E-state index contributed by atoms with van der Waals surface area (Å²) in [5.41, 5.74) is -0.781. The topological polar surface area (TPSA) is 105 Å². The van der Waals surface area contributed by atoms with Gasteiger partial charge in [0.2, 0.25) is 0 Å². The van der Waals surface area contributed by atoms with Crippen molar-refractivity contribution in [1.82, 2.24) is 9.88 Å². The van der Waals surface area contributed by atoms with Crippen LogP contribution in [-0.2, 0) is 22.3 Å². The molecule has 1 N–H and O–H groups in total. The van der Waals surface area contributed by atoms with Crippen molar-refractivity contribution in [1.29, 1.82) is 0 Å². The van der Waals surface area contributed by atoms with Crippen molar-refractivity contribution < 1.29 is 27.7 Å². The largest absolute Gasteiger partial charge is 0.416 e. The zero-order chi connectivity index (χ0) is 24.5. The number of rotatable bonds is 6.